The van der Waals surface area contributed by atoms with Crippen molar-refractivity contribution in [2.24, 2.45) is 23.7 Å². The number of benzene rings is 2. The molecule has 10 rings (SSSR count). The topological polar surface area (TPSA) is 222 Å². The molecule has 4 saturated heterocycles. The van der Waals surface area contributed by atoms with Gasteiger partial charge in [0.1, 0.15) is 11.5 Å². The maximum absolute atomic E-state index is 12.8. The number of ether oxygens (including phenoxy) is 3. The van der Waals surface area contributed by atoms with Crippen LogP contribution in [0.4, 0.5) is 11.4 Å². The number of aromatic hydroxyl groups is 2. The summed E-state index contributed by atoms with van der Waals surface area (Å²) in [4.78, 5) is 40.4. The zero-order valence-electron chi connectivity index (χ0n) is 34.6. The van der Waals surface area contributed by atoms with E-state index in [4.69, 9.17) is 9.47 Å². The Morgan fingerprint density at radius 3 is 1.49 bits per heavy atom. The predicted octanol–water partition coefficient (Wildman–Crippen LogP) is 2.92. The maximum atomic E-state index is 12.8. The molecule has 2 aromatic rings. The van der Waals surface area contributed by atoms with E-state index in [0.717, 1.165) is 74.4 Å². The number of phenols is 2. The van der Waals surface area contributed by atoms with Crippen molar-refractivity contribution in [3.8, 4) is 11.5 Å². The van der Waals surface area contributed by atoms with Crippen LogP contribution in [0.2, 0.25) is 0 Å². The highest BCUT2D eigenvalue weighted by Crippen LogP contribution is 2.64. The number of hydrogen-bond donors (Lipinski definition) is 6. The number of fused-ring (bicyclic) bond motifs is 4. The van der Waals surface area contributed by atoms with Gasteiger partial charge in [0.25, 0.3) is 0 Å². The lowest BCUT2D eigenvalue weighted by atomic mass is 9.60. The molecule has 0 radical (unpaired) electrons. The number of rotatable bonds is 5. The number of anilines is 2. The van der Waals surface area contributed by atoms with Crippen LogP contribution in [0.25, 0.3) is 0 Å². The SMILES string of the molecule is CCOC(C)=O.COC(=O)C1=C2Nc3c(O)cccc3[C@@]23CCN2C[C@@H]([C@H](C)O)[C@@H]1C[C@H]23.COC(=O)C1=C2Nc3c(O)cccc3[C@@]23CCN2C[C@@H]([C@H](C)O)[C@@H]1C[C@H]23.O. The van der Waals surface area contributed by atoms with Gasteiger partial charge in [-0.05, 0) is 82.8 Å². The van der Waals surface area contributed by atoms with Crippen LogP contribution in [0.15, 0.2) is 58.9 Å². The van der Waals surface area contributed by atoms with Crippen molar-refractivity contribution in [1.29, 1.82) is 0 Å². The summed E-state index contributed by atoms with van der Waals surface area (Å²) in [5.74, 6) is -0.500. The summed E-state index contributed by atoms with van der Waals surface area (Å²) in [6.45, 7) is 10.7. The van der Waals surface area contributed by atoms with Crippen molar-refractivity contribution >= 4 is 29.3 Å². The summed E-state index contributed by atoms with van der Waals surface area (Å²) in [7, 11) is 2.82. The summed E-state index contributed by atoms with van der Waals surface area (Å²) < 4.78 is 14.7. The van der Waals surface area contributed by atoms with Crippen LogP contribution in [0.3, 0.4) is 0 Å². The van der Waals surface area contributed by atoms with Gasteiger partial charge in [0.15, 0.2) is 0 Å². The largest absolute Gasteiger partial charge is 0.506 e. The first-order valence-electron chi connectivity index (χ1n) is 20.6. The minimum Gasteiger partial charge on any atom is -0.506 e. The normalized spacial score (nSPS) is 32.1. The minimum absolute atomic E-state index is 0. The molecule has 15 nitrogen and oxygen atoms in total. The summed E-state index contributed by atoms with van der Waals surface area (Å²) >= 11 is 0. The average Bonchev–Trinajstić information content (AvgIpc) is 3.97. The minimum atomic E-state index is -0.494. The number of aliphatic hydroxyl groups is 2. The van der Waals surface area contributed by atoms with E-state index in [1.54, 1.807) is 19.1 Å². The fourth-order valence-electron chi connectivity index (χ4n) is 12.3. The fraction of sp³-hybridized carbons (Fsp3) is 0.568. The van der Waals surface area contributed by atoms with Gasteiger partial charge in [0, 0.05) is 67.2 Å². The van der Waals surface area contributed by atoms with Crippen LogP contribution in [-0.4, -0.2) is 125 Å². The van der Waals surface area contributed by atoms with Crippen molar-refractivity contribution in [2.45, 2.75) is 88.5 Å². The lowest BCUT2D eigenvalue weighted by molar-refractivity contribution is -0.140. The van der Waals surface area contributed by atoms with E-state index in [-0.39, 0.29) is 81.5 Å². The fourth-order valence-corrected chi connectivity index (χ4v) is 12.3. The number of hydrogen-bond acceptors (Lipinski definition) is 14. The molecular weight excluding hydrogens is 761 g/mol. The molecule has 10 atom stereocenters. The Morgan fingerprint density at radius 2 is 1.17 bits per heavy atom. The Balaban J connectivity index is 0.000000155. The van der Waals surface area contributed by atoms with E-state index in [1.165, 1.54) is 21.1 Å². The molecule has 0 aromatic heterocycles. The van der Waals surface area contributed by atoms with Crippen molar-refractivity contribution in [1.82, 2.24) is 9.80 Å². The highest BCUT2D eigenvalue weighted by Gasteiger charge is 2.65. The Hall–Kier alpha value is -4.67. The molecule has 4 bridgehead atoms. The lowest BCUT2D eigenvalue weighted by Gasteiger charge is -2.51. The average molecular weight is 819 g/mol. The second-order valence-electron chi connectivity index (χ2n) is 17.1. The number of aliphatic hydroxyl groups excluding tert-OH is 2. The van der Waals surface area contributed by atoms with Gasteiger partial charge in [-0.1, -0.05) is 24.3 Å². The molecule has 0 saturated carbocycles. The standard InChI is InChI=1S/2C20H24N2O4.C4H8O2.H2O/c2*1-10(23)12-9-22-7-6-20-13-4-3-5-14(24)17(13)21-18(20)16(19(25)26-2)11(12)8-15(20)22;1-3-6-4(2)5;/h2*3-5,10-12,15,21,23-24H,6-9H2,1-2H3;3H2,1-2H3;1H2/t2*10-,11-,12-,15-,20+;;/m00../s1. The number of para-hydroxylation sites is 2. The van der Waals surface area contributed by atoms with Gasteiger partial charge < -0.3 is 50.7 Å². The predicted molar refractivity (Wildman–Crippen MR) is 217 cm³/mol. The molecule has 4 fully saturated rings. The number of carbonyl (C=O) groups excluding carboxylic acids is 3. The van der Waals surface area contributed by atoms with Crippen LogP contribution >= 0.6 is 0 Å². The first-order chi connectivity index (χ1) is 27.7. The molecule has 2 spiro atoms. The van der Waals surface area contributed by atoms with Gasteiger partial charge in [-0.25, -0.2) is 9.59 Å². The number of nitrogens with zero attached hydrogens (tertiary/aromatic N) is 2. The summed E-state index contributed by atoms with van der Waals surface area (Å²) in [5, 5.41) is 48.4. The zero-order valence-corrected chi connectivity index (χ0v) is 34.6. The van der Waals surface area contributed by atoms with Crippen LogP contribution in [0, 0.1) is 23.7 Å². The van der Waals surface area contributed by atoms with E-state index in [0.29, 0.717) is 29.1 Å². The molecule has 8 aliphatic rings. The van der Waals surface area contributed by atoms with E-state index in [1.807, 2.05) is 26.0 Å². The number of carbonyl (C=O) groups is 3. The third kappa shape index (κ3) is 6.22. The maximum Gasteiger partial charge on any atom is 0.335 e. The van der Waals surface area contributed by atoms with Crippen LogP contribution in [0.1, 0.15) is 64.5 Å². The molecule has 0 unspecified atom stereocenters. The number of piperidine rings is 2. The van der Waals surface area contributed by atoms with E-state index in [2.05, 4.69) is 37.3 Å². The molecule has 2 aliphatic carbocycles. The monoisotopic (exact) mass is 818 g/mol. The highest BCUT2D eigenvalue weighted by atomic mass is 16.5. The molecule has 0 amide bonds. The van der Waals surface area contributed by atoms with Gasteiger partial charge >= 0.3 is 17.9 Å². The highest BCUT2D eigenvalue weighted by molar-refractivity contribution is 5.95. The lowest BCUT2D eigenvalue weighted by Crippen LogP contribution is -2.57. The Labute approximate surface area is 344 Å². The molecule has 6 heterocycles. The molecule has 8 N–H and O–H groups in total. The Morgan fingerprint density at radius 1 is 0.763 bits per heavy atom. The van der Waals surface area contributed by atoms with Crippen LogP contribution in [-0.2, 0) is 39.4 Å². The van der Waals surface area contributed by atoms with Crippen molar-refractivity contribution in [3.05, 3.63) is 70.1 Å². The third-order valence-electron chi connectivity index (χ3n) is 14.6. The zero-order chi connectivity index (χ0) is 41.4. The van der Waals surface area contributed by atoms with Gasteiger partial charge in [0.05, 0.1) is 66.4 Å². The van der Waals surface area contributed by atoms with Gasteiger partial charge in [-0.2, -0.15) is 0 Å². The van der Waals surface area contributed by atoms with Gasteiger partial charge in [-0.15, -0.1) is 0 Å². The van der Waals surface area contributed by atoms with Crippen molar-refractivity contribution < 1.29 is 54.5 Å². The Bertz CT molecular complexity index is 1950. The molecule has 320 valence electrons. The number of methoxy groups -OCH3 is 2. The molecule has 59 heavy (non-hydrogen) atoms. The van der Waals surface area contributed by atoms with E-state index < -0.39 is 12.2 Å². The first-order valence-corrected chi connectivity index (χ1v) is 20.6. The first kappa shape index (κ1) is 42.5. The van der Waals surface area contributed by atoms with Gasteiger partial charge in [0.2, 0.25) is 0 Å². The summed E-state index contributed by atoms with van der Waals surface area (Å²) in [5.41, 5.74) is 6.09. The van der Waals surface area contributed by atoms with E-state index >= 15 is 0 Å². The van der Waals surface area contributed by atoms with Crippen LogP contribution < -0.4 is 10.6 Å². The molecule has 6 aliphatic heterocycles. The van der Waals surface area contributed by atoms with E-state index in [9.17, 15) is 34.8 Å². The molecule has 2 aromatic carbocycles. The Kier molecular flexibility index (Phi) is 11.3. The van der Waals surface area contributed by atoms with Gasteiger partial charge in [-0.3, -0.25) is 14.6 Å². The molecule has 15 heteroatoms. The number of phenolic OH excluding ortho intramolecular Hbond substituents is 2. The quantitative estimate of drug-likeness (QED) is 0.145. The smallest absolute Gasteiger partial charge is 0.335 e. The van der Waals surface area contributed by atoms with Crippen molar-refractivity contribution in [2.75, 3.05) is 57.6 Å². The number of esters is 3. The summed E-state index contributed by atoms with van der Waals surface area (Å²) in [6.07, 6.45) is 2.48. The van der Waals surface area contributed by atoms with Crippen LogP contribution in [0.5, 0.6) is 11.5 Å². The summed E-state index contributed by atoms with van der Waals surface area (Å²) in [6, 6.07) is 11.8. The second kappa shape index (κ2) is 15.7. The molecular formula is C44H58N4O11. The second-order valence-corrected chi connectivity index (χ2v) is 17.1. The van der Waals surface area contributed by atoms with Crippen molar-refractivity contribution in [3.63, 3.8) is 0 Å². The third-order valence-corrected chi connectivity index (χ3v) is 14.6. The number of nitrogens with one attached hydrogen (secondary N) is 2.